The summed E-state index contributed by atoms with van der Waals surface area (Å²) >= 11 is 3.44. The topological polar surface area (TPSA) is 29.3 Å². The Bertz CT molecular complexity index is 378. The van der Waals surface area contributed by atoms with Crippen molar-refractivity contribution in [3.8, 4) is 0 Å². The van der Waals surface area contributed by atoms with Crippen LogP contribution in [0.4, 0.5) is 5.69 Å². The van der Waals surface area contributed by atoms with Gasteiger partial charge in [0.25, 0.3) is 0 Å². The second-order valence-corrected chi connectivity index (χ2v) is 5.88. The molecule has 1 aliphatic rings. The van der Waals surface area contributed by atoms with Gasteiger partial charge in [-0.15, -0.1) is 0 Å². The van der Waals surface area contributed by atoms with E-state index in [4.69, 9.17) is 5.73 Å². The molecular weight excluding hydrogens is 276 g/mol. The Balaban J connectivity index is 2.05. The number of halogens is 1. The summed E-state index contributed by atoms with van der Waals surface area (Å²) in [5, 5.41) is 0. The first-order valence-electron chi connectivity index (χ1n) is 6.45. The molecule has 0 saturated carbocycles. The van der Waals surface area contributed by atoms with Crippen LogP contribution >= 0.6 is 15.9 Å². The van der Waals surface area contributed by atoms with Crippen LogP contribution in [0.1, 0.15) is 38.2 Å². The van der Waals surface area contributed by atoms with Crippen molar-refractivity contribution in [2.45, 2.75) is 45.2 Å². The smallest absolute Gasteiger partial charge is 0.0461 e. The van der Waals surface area contributed by atoms with Gasteiger partial charge in [-0.3, -0.25) is 4.90 Å². The molecular formula is C14H21BrN2. The summed E-state index contributed by atoms with van der Waals surface area (Å²) in [4.78, 5) is 2.58. The van der Waals surface area contributed by atoms with Crippen LogP contribution in [0.3, 0.4) is 0 Å². The van der Waals surface area contributed by atoms with E-state index < -0.39 is 0 Å². The van der Waals surface area contributed by atoms with Gasteiger partial charge in [-0.2, -0.15) is 0 Å². The van der Waals surface area contributed by atoms with Gasteiger partial charge in [0.15, 0.2) is 0 Å². The van der Waals surface area contributed by atoms with Gasteiger partial charge in [-0.1, -0.05) is 18.9 Å². The fourth-order valence-electron chi connectivity index (χ4n) is 2.50. The average molecular weight is 297 g/mol. The standard InChI is InChI=1S/C14H21BrN2/c1-11-5-3-2-4-8-17(11)10-12-6-7-13(15)14(16)9-12/h6-7,9,11H,2-5,8,10,16H2,1H3. The van der Waals surface area contributed by atoms with Crippen LogP contribution in [0.15, 0.2) is 22.7 Å². The Labute approximate surface area is 112 Å². The highest BCUT2D eigenvalue weighted by atomic mass is 79.9. The van der Waals surface area contributed by atoms with E-state index in [1.54, 1.807) is 0 Å². The third-order valence-electron chi connectivity index (χ3n) is 3.64. The highest BCUT2D eigenvalue weighted by Crippen LogP contribution is 2.23. The zero-order valence-electron chi connectivity index (χ0n) is 10.5. The molecule has 17 heavy (non-hydrogen) atoms. The van der Waals surface area contributed by atoms with Crippen molar-refractivity contribution in [3.63, 3.8) is 0 Å². The monoisotopic (exact) mass is 296 g/mol. The molecule has 1 atom stereocenters. The van der Waals surface area contributed by atoms with Gasteiger partial charge in [0, 0.05) is 22.7 Å². The maximum atomic E-state index is 5.93. The Hall–Kier alpha value is -0.540. The third kappa shape index (κ3) is 3.46. The van der Waals surface area contributed by atoms with Crippen LogP contribution in [0.2, 0.25) is 0 Å². The molecule has 0 amide bonds. The second kappa shape index (κ2) is 5.87. The van der Waals surface area contributed by atoms with Gasteiger partial charge in [-0.25, -0.2) is 0 Å². The molecule has 3 heteroatoms. The molecule has 1 heterocycles. The van der Waals surface area contributed by atoms with Gasteiger partial charge in [0.1, 0.15) is 0 Å². The molecule has 0 spiro atoms. The predicted molar refractivity (Wildman–Crippen MR) is 76.9 cm³/mol. The molecule has 1 aliphatic heterocycles. The Morgan fingerprint density at radius 2 is 2.18 bits per heavy atom. The van der Waals surface area contributed by atoms with Gasteiger partial charge in [0.2, 0.25) is 0 Å². The first kappa shape index (κ1) is 12.9. The lowest BCUT2D eigenvalue weighted by Crippen LogP contribution is -2.31. The van der Waals surface area contributed by atoms with Crippen LogP contribution in [0.25, 0.3) is 0 Å². The minimum atomic E-state index is 0.697. The van der Waals surface area contributed by atoms with Crippen molar-refractivity contribution in [1.82, 2.24) is 4.90 Å². The molecule has 2 nitrogen and oxygen atoms in total. The number of hydrogen-bond acceptors (Lipinski definition) is 2. The summed E-state index contributed by atoms with van der Waals surface area (Å²) in [6.07, 6.45) is 5.41. The number of nitrogens with zero attached hydrogens (tertiary/aromatic N) is 1. The first-order valence-corrected chi connectivity index (χ1v) is 7.24. The van der Waals surface area contributed by atoms with E-state index in [1.165, 1.54) is 37.8 Å². The highest BCUT2D eigenvalue weighted by molar-refractivity contribution is 9.10. The quantitative estimate of drug-likeness (QED) is 0.841. The van der Waals surface area contributed by atoms with E-state index in [9.17, 15) is 0 Å². The molecule has 2 N–H and O–H groups in total. The van der Waals surface area contributed by atoms with E-state index in [2.05, 4.69) is 39.9 Å². The van der Waals surface area contributed by atoms with E-state index in [1.807, 2.05) is 6.07 Å². The predicted octanol–water partition coefficient (Wildman–Crippen LogP) is 3.80. The molecule has 2 rings (SSSR count). The maximum Gasteiger partial charge on any atom is 0.0461 e. The Morgan fingerprint density at radius 3 is 2.94 bits per heavy atom. The van der Waals surface area contributed by atoms with Crippen LogP contribution in [-0.4, -0.2) is 17.5 Å². The molecule has 0 bridgehead atoms. The summed E-state index contributed by atoms with van der Waals surface area (Å²) in [6, 6.07) is 7.00. The van der Waals surface area contributed by atoms with E-state index in [0.29, 0.717) is 6.04 Å². The molecule has 1 fully saturated rings. The fourth-order valence-corrected chi connectivity index (χ4v) is 2.74. The molecule has 94 valence electrons. The molecule has 0 aromatic heterocycles. The summed E-state index contributed by atoms with van der Waals surface area (Å²) < 4.78 is 0.991. The minimum absolute atomic E-state index is 0.697. The maximum absolute atomic E-state index is 5.93. The number of benzene rings is 1. The average Bonchev–Trinajstić information content (AvgIpc) is 2.50. The van der Waals surface area contributed by atoms with Crippen molar-refractivity contribution in [2.75, 3.05) is 12.3 Å². The number of hydrogen-bond donors (Lipinski definition) is 1. The van der Waals surface area contributed by atoms with Crippen LogP contribution in [-0.2, 0) is 6.54 Å². The van der Waals surface area contributed by atoms with E-state index in [0.717, 1.165) is 16.7 Å². The Kier molecular flexibility index (Phi) is 4.46. The van der Waals surface area contributed by atoms with Crippen molar-refractivity contribution >= 4 is 21.6 Å². The lowest BCUT2D eigenvalue weighted by molar-refractivity contribution is 0.205. The molecule has 1 saturated heterocycles. The van der Waals surface area contributed by atoms with Crippen molar-refractivity contribution in [2.24, 2.45) is 0 Å². The first-order chi connectivity index (χ1) is 8.16. The van der Waals surface area contributed by atoms with E-state index >= 15 is 0 Å². The molecule has 0 radical (unpaired) electrons. The number of rotatable bonds is 2. The van der Waals surface area contributed by atoms with Gasteiger partial charge in [0.05, 0.1) is 0 Å². The highest BCUT2D eigenvalue weighted by Gasteiger charge is 2.16. The molecule has 1 aromatic rings. The van der Waals surface area contributed by atoms with Crippen molar-refractivity contribution in [1.29, 1.82) is 0 Å². The van der Waals surface area contributed by atoms with Gasteiger partial charge >= 0.3 is 0 Å². The zero-order valence-corrected chi connectivity index (χ0v) is 12.0. The SMILES string of the molecule is CC1CCCCCN1Cc1ccc(Br)c(N)c1. The van der Waals surface area contributed by atoms with Crippen LogP contribution in [0.5, 0.6) is 0 Å². The molecule has 0 aliphatic carbocycles. The summed E-state index contributed by atoms with van der Waals surface area (Å²) in [6.45, 7) is 4.59. The Morgan fingerprint density at radius 1 is 1.35 bits per heavy atom. The summed E-state index contributed by atoms with van der Waals surface area (Å²) in [5.74, 6) is 0. The third-order valence-corrected chi connectivity index (χ3v) is 4.36. The minimum Gasteiger partial charge on any atom is -0.398 e. The van der Waals surface area contributed by atoms with E-state index in [-0.39, 0.29) is 0 Å². The number of nitrogen functional groups attached to an aromatic ring is 1. The lowest BCUT2D eigenvalue weighted by atomic mass is 10.1. The fraction of sp³-hybridized carbons (Fsp3) is 0.571. The second-order valence-electron chi connectivity index (χ2n) is 5.02. The largest absolute Gasteiger partial charge is 0.398 e. The van der Waals surface area contributed by atoms with Crippen molar-refractivity contribution in [3.05, 3.63) is 28.2 Å². The summed E-state index contributed by atoms with van der Waals surface area (Å²) in [7, 11) is 0. The van der Waals surface area contributed by atoms with Crippen molar-refractivity contribution < 1.29 is 0 Å². The molecule has 1 unspecified atom stereocenters. The zero-order chi connectivity index (χ0) is 12.3. The summed E-state index contributed by atoms with van der Waals surface area (Å²) in [5.41, 5.74) is 8.08. The number of likely N-dealkylation sites (tertiary alicyclic amines) is 1. The lowest BCUT2D eigenvalue weighted by Gasteiger charge is -2.27. The number of nitrogens with two attached hydrogens (primary N) is 1. The normalized spacial score (nSPS) is 22.4. The van der Waals surface area contributed by atoms with Crippen LogP contribution in [0, 0.1) is 0 Å². The molecule has 1 aromatic carbocycles. The number of anilines is 1. The van der Waals surface area contributed by atoms with Crippen LogP contribution < -0.4 is 5.73 Å². The van der Waals surface area contributed by atoms with Gasteiger partial charge in [-0.05, 0) is 59.9 Å². The van der Waals surface area contributed by atoms with Gasteiger partial charge < -0.3 is 5.73 Å².